The van der Waals surface area contributed by atoms with Crippen molar-refractivity contribution >= 4 is 15.7 Å². The minimum atomic E-state index is -3.70. The molecule has 0 atom stereocenters. The lowest BCUT2D eigenvalue weighted by Crippen LogP contribution is -2.40. The molecule has 186 valence electrons. The lowest BCUT2D eigenvalue weighted by Gasteiger charge is -2.30. The average molecular weight is 494 g/mol. The molecule has 4 rings (SSSR count). The second-order valence-electron chi connectivity index (χ2n) is 9.89. The van der Waals surface area contributed by atoms with Crippen LogP contribution in [0.25, 0.3) is 0 Å². The summed E-state index contributed by atoms with van der Waals surface area (Å²) in [6, 6.07) is 17.3. The van der Waals surface area contributed by atoms with Gasteiger partial charge in [0.05, 0.1) is 30.7 Å². The first kappa shape index (κ1) is 25.2. The van der Waals surface area contributed by atoms with E-state index in [-0.39, 0.29) is 28.8 Å². The Bertz CT molecular complexity index is 1240. The Kier molecular flexibility index (Phi) is 7.75. The number of rotatable bonds is 9. The van der Waals surface area contributed by atoms with Gasteiger partial charge in [-0.15, -0.1) is 0 Å². The highest BCUT2D eigenvalue weighted by atomic mass is 32.2. The van der Waals surface area contributed by atoms with Gasteiger partial charge in [0, 0.05) is 12.0 Å². The molecule has 1 aliphatic carbocycles. The predicted octanol–water partition coefficient (Wildman–Crippen LogP) is 5.14. The first-order valence-corrected chi connectivity index (χ1v) is 14.1. The first-order valence-electron chi connectivity index (χ1n) is 12.4. The van der Waals surface area contributed by atoms with Gasteiger partial charge in [-0.2, -0.15) is 0 Å². The molecule has 1 aromatic heterocycles. The third-order valence-corrected chi connectivity index (χ3v) is 8.38. The molecule has 0 unspecified atom stereocenters. The molecule has 0 bridgehead atoms. The fourth-order valence-corrected chi connectivity index (χ4v) is 6.26. The van der Waals surface area contributed by atoms with E-state index in [9.17, 15) is 13.2 Å². The van der Waals surface area contributed by atoms with Crippen LogP contribution in [0.3, 0.4) is 0 Å². The van der Waals surface area contributed by atoms with E-state index in [0.717, 1.165) is 48.1 Å². The third-order valence-electron chi connectivity index (χ3n) is 6.78. The molecule has 0 radical (unpaired) electrons. The van der Waals surface area contributed by atoms with Crippen molar-refractivity contribution in [1.29, 1.82) is 0 Å². The van der Waals surface area contributed by atoms with Gasteiger partial charge in [0.25, 0.3) is 0 Å². The zero-order chi connectivity index (χ0) is 25.0. The molecule has 0 aliphatic heterocycles. The molecule has 0 N–H and O–H groups in total. The molecule has 6 nitrogen and oxygen atoms in total. The number of aromatic nitrogens is 2. The van der Waals surface area contributed by atoms with Gasteiger partial charge in [-0.05, 0) is 44.7 Å². The van der Waals surface area contributed by atoms with Crippen molar-refractivity contribution < 1.29 is 13.2 Å². The van der Waals surface area contributed by atoms with Crippen molar-refractivity contribution in [3.63, 3.8) is 0 Å². The monoisotopic (exact) mass is 493 g/mol. The Labute approximate surface area is 208 Å². The molecular weight excluding hydrogens is 458 g/mol. The molecule has 0 spiro atoms. The quantitative estimate of drug-likeness (QED) is 0.414. The number of benzene rings is 2. The number of nitrogens with zero attached hydrogens (tertiary/aromatic N) is 3. The zero-order valence-electron chi connectivity index (χ0n) is 20.9. The SMILES string of the molecule is Cc1ccc(CS(=O)(=O)c2ncc(CN(C(=O)C3CCCC3)C(C)C)n2Cc2ccccc2)cc1. The molecule has 1 heterocycles. The van der Waals surface area contributed by atoms with Crippen molar-refractivity contribution in [1.82, 2.24) is 14.5 Å². The van der Waals surface area contributed by atoms with E-state index in [2.05, 4.69) is 4.98 Å². The van der Waals surface area contributed by atoms with Crippen molar-refractivity contribution in [3.8, 4) is 0 Å². The second kappa shape index (κ2) is 10.8. The number of carbonyl (C=O) groups is 1. The molecule has 1 fully saturated rings. The Morgan fingerprint density at radius 3 is 2.31 bits per heavy atom. The van der Waals surface area contributed by atoms with E-state index < -0.39 is 9.84 Å². The van der Waals surface area contributed by atoms with Crippen molar-refractivity contribution in [3.05, 3.63) is 83.2 Å². The Balaban J connectivity index is 1.68. The van der Waals surface area contributed by atoms with E-state index in [1.54, 1.807) is 10.8 Å². The Morgan fingerprint density at radius 2 is 1.69 bits per heavy atom. The minimum absolute atomic E-state index is 0.00999. The summed E-state index contributed by atoms with van der Waals surface area (Å²) < 4.78 is 28.8. The third kappa shape index (κ3) is 6.01. The molecule has 3 aromatic rings. The fraction of sp³-hybridized carbons (Fsp3) is 0.429. The molecular formula is C28H35N3O3S. The lowest BCUT2D eigenvalue weighted by atomic mass is 10.1. The summed E-state index contributed by atoms with van der Waals surface area (Å²) in [5, 5.41) is 0.0500. The van der Waals surface area contributed by atoms with Crippen LogP contribution in [-0.2, 0) is 33.5 Å². The van der Waals surface area contributed by atoms with Crippen molar-refractivity contribution in [2.24, 2.45) is 5.92 Å². The largest absolute Gasteiger partial charge is 0.334 e. The maximum atomic E-state index is 13.5. The van der Waals surface area contributed by atoms with Crippen LogP contribution in [0.4, 0.5) is 0 Å². The number of aryl methyl sites for hydroxylation is 1. The van der Waals surface area contributed by atoms with Gasteiger partial charge in [0.2, 0.25) is 20.9 Å². The van der Waals surface area contributed by atoms with Gasteiger partial charge < -0.3 is 9.47 Å². The Hall–Kier alpha value is -2.93. The number of amides is 1. The fourth-order valence-electron chi connectivity index (χ4n) is 4.77. The van der Waals surface area contributed by atoms with Gasteiger partial charge in [0.15, 0.2) is 0 Å². The van der Waals surface area contributed by atoms with Crippen LogP contribution < -0.4 is 0 Å². The molecule has 0 saturated heterocycles. The highest BCUT2D eigenvalue weighted by Crippen LogP contribution is 2.28. The normalized spacial score (nSPS) is 14.5. The van der Waals surface area contributed by atoms with E-state index in [0.29, 0.717) is 13.1 Å². The van der Waals surface area contributed by atoms with Gasteiger partial charge in [-0.1, -0.05) is 73.0 Å². The zero-order valence-corrected chi connectivity index (χ0v) is 21.7. The van der Waals surface area contributed by atoms with E-state index in [4.69, 9.17) is 0 Å². The second-order valence-corrected chi connectivity index (χ2v) is 11.8. The predicted molar refractivity (Wildman–Crippen MR) is 137 cm³/mol. The van der Waals surface area contributed by atoms with Crippen molar-refractivity contribution in [2.75, 3.05) is 0 Å². The van der Waals surface area contributed by atoms with Crippen LogP contribution in [-0.4, -0.2) is 34.8 Å². The van der Waals surface area contributed by atoms with Gasteiger partial charge in [0.1, 0.15) is 0 Å². The molecule has 1 aliphatic rings. The van der Waals surface area contributed by atoms with Gasteiger partial charge in [-0.25, -0.2) is 13.4 Å². The highest BCUT2D eigenvalue weighted by molar-refractivity contribution is 7.90. The molecule has 7 heteroatoms. The average Bonchev–Trinajstić information content (AvgIpc) is 3.50. The summed E-state index contributed by atoms with van der Waals surface area (Å²) in [7, 11) is -3.70. The molecule has 1 saturated carbocycles. The minimum Gasteiger partial charge on any atom is -0.334 e. The summed E-state index contributed by atoms with van der Waals surface area (Å²) in [5.74, 6) is 0.106. The maximum absolute atomic E-state index is 13.5. The molecule has 1 amide bonds. The summed E-state index contributed by atoms with van der Waals surface area (Å²) >= 11 is 0. The smallest absolute Gasteiger partial charge is 0.228 e. The molecule has 2 aromatic carbocycles. The van der Waals surface area contributed by atoms with Crippen LogP contribution in [0.15, 0.2) is 66.0 Å². The maximum Gasteiger partial charge on any atom is 0.228 e. The summed E-state index contributed by atoms with van der Waals surface area (Å²) in [4.78, 5) is 19.6. The molecule has 35 heavy (non-hydrogen) atoms. The summed E-state index contributed by atoms with van der Waals surface area (Å²) in [6.07, 6.45) is 5.68. The van der Waals surface area contributed by atoms with Crippen LogP contribution in [0.5, 0.6) is 0 Å². The number of sulfone groups is 1. The van der Waals surface area contributed by atoms with Crippen LogP contribution in [0, 0.1) is 12.8 Å². The number of imidazole rings is 1. The van der Waals surface area contributed by atoms with Crippen LogP contribution in [0.2, 0.25) is 0 Å². The number of hydrogen-bond acceptors (Lipinski definition) is 4. The summed E-state index contributed by atoms with van der Waals surface area (Å²) in [5.41, 5.74) is 3.53. The van der Waals surface area contributed by atoms with Crippen molar-refractivity contribution in [2.45, 2.75) is 76.5 Å². The van der Waals surface area contributed by atoms with E-state index >= 15 is 0 Å². The number of hydrogen-bond donors (Lipinski definition) is 0. The standard InChI is InChI=1S/C28H35N3O3S/c1-21(2)30(27(32)25-11-7-8-12-25)19-26-17-29-28(31(26)18-23-9-5-4-6-10-23)35(33,34)20-24-15-13-22(3)14-16-24/h4-6,9-10,13-17,21,25H,7-8,11-12,18-20H2,1-3H3. The summed E-state index contributed by atoms with van der Waals surface area (Å²) in [6.45, 7) is 6.72. The lowest BCUT2D eigenvalue weighted by molar-refractivity contribution is -0.137. The van der Waals surface area contributed by atoms with E-state index in [1.807, 2.05) is 80.3 Å². The number of carbonyl (C=O) groups excluding carboxylic acids is 1. The first-order chi connectivity index (χ1) is 16.7. The topological polar surface area (TPSA) is 72.3 Å². The van der Waals surface area contributed by atoms with Crippen LogP contribution >= 0.6 is 0 Å². The van der Waals surface area contributed by atoms with Crippen LogP contribution in [0.1, 0.15) is 61.9 Å². The van der Waals surface area contributed by atoms with E-state index in [1.165, 1.54) is 0 Å². The highest BCUT2D eigenvalue weighted by Gasteiger charge is 2.31. The Morgan fingerprint density at radius 1 is 1.03 bits per heavy atom. The van der Waals surface area contributed by atoms with Gasteiger partial charge >= 0.3 is 0 Å². The van der Waals surface area contributed by atoms with Gasteiger partial charge in [-0.3, -0.25) is 4.79 Å².